The number of thioether (sulfide) groups is 1. The van der Waals surface area contributed by atoms with E-state index in [1.54, 1.807) is 54.6 Å². The first-order valence-electron chi connectivity index (χ1n) is 5.71. The zero-order valence-corrected chi connectivity index (χ0v) is 10.6. The Kier molecular flexibility index (Phi) is 2.98. The van der Waals surface area contributed by atoms with Crippen LogP contribution in [0.1, 0.15) is 0 Å². The molecule has 0 saturated carbocycles. The number of nitrogens with zero attached hydrogens (tertiary/aromatic N) is 2. The third-order valence-electron chi connectivity index (χ3n) is 2.72. The molecule has 0 aliphatic rings. The number of fused-ring (bicyclic) bond motifs is 1. The molecule has 0 atom stereocenters. The van der Waals surface area contributed by atoms with Crippen LogP contribution in [0.25, 0.3) is 11.0 Å². The van der Waals surface area contributed by atoms with Crippen LogP contribution in [0.15, 0.2) is 65.8 Å². The molecule has 0 aliphatic carbocycles. The molecular weight excluding hydrogens is 266 g/mol. The van der Waals surface area contributed by atoms with Crippen molar-refractivity contribution >= 4 is 22.8 Å². The first-order chi connectivity index (χ1) is 9.17. The third kappa shape index (κ3) is 2.33. The van der Waals surface area contributed by atoms with E-state index in [4.69, 9.17) is 0 Å². The quantitative estimate of drug-likeness (QED) is 0.662. The van der Waals surface area contributed by atoms with Gasteiger partial charge >= 0.3 is 5.38 Å². The van der Waals surface area contributed by atoms with Crippen molar-refractivity contribution in [3.05, 3.63) is 60.9 Å². The summed E-state index contributed by atoms with van der Waals surface area (Å²) in [5, 5.41) is -3.07. The van der Waals surface area contributed by atoms with Gasteiger partial charge in [-0.05, 0) is 36.0 Å². The number of benzene rings is 2. The van der Waals surface area contributed by atoms with Gasteiger partial charge in [-0.2, -0.15) is 8.78 Å². The molecule has 2 aromatic carbocycles. The highest BCUT2D eigenvalue weighted by atomic mass is 32.2. The Morgan fingerprint density at radius 2 is 1.63 bits per heavy atom. The lowest BCUT2D eigenvalue weighted by Crippen LogP contribution is -2.17. The largest absolute Gasteiger partial charge is 0.385 e. The average molecular weight is 276 g/mol. The van der Waals surface area contributed by atoms with E-state index in [9.17, 15) is 8.78 Å². The Morgan fingerprint density at radius 1 is 0.947 bits per heavy atom. The molecule has 0 fully saturated rings. The van der Waals surface area contributed by atoms with E-state index in [0.29, 0.717) is 27.7 Å². The second-order valence-electron chi connectivity index (χ2n) is 4.00. The van der Waals surface area contributed by atoms with E-state index in [1.165, 1.54) is 6.33 Å². The van der Waals surface area contributed by atoms with Gasteiger partial charge in [-0.1, -0.05) is 30.3 Å². The van der Waals surface area contributed by atoms with Gasteiger partial charge < -0.3 is 0 Å². The molecule has 0 bridgehead atoms. The smallest absolute Gasteiger partial charge is 0.261 e. The minimum Gasteiger partial charge on any atom is -0.261 e. The molecule has 0 N–H and O–H groups in total. The summed E-state index contributed by atoms with van der Waals surface area (Å²) in [5.41, 5.74) is 0.992. The van der Waals surface area contributed by atoms with Crippen molar-refractivity contribution in [2.24, 2.45) is 0 Å². The molecular formula is C14H10F2N2S. The van der Waals surface area contributed by atoms with Gasteiger partial charge in [-0.3, -0.25) is 4.57 Å². The van der Waals surface area contributed by atoms with Crippen molar-refractivity contribution in [2.75, 3.05) is 0 Å². The molecule has 0 saturated heterocycles. The van der Waals surface area contributed by atoms with Gasteiger partial charge in [-0.25, -0.2) is 4.98 Å². The number of alkyl halides is 2. The maximum Gasteiger partial charge on any atom is 0.385 e. The van der Waals surface area contributed by atoms with Gasteiger partial charge in [0.05, 0.1) is 11.0 Å². The summed E-state index contributed by atoms with van der Waals surface area (Å²) in [6, 6.07) is 15.5. The molecule has 1 heterocycles. The molecule has 19 heavy (non-hydrogen) atoms. The Balaban J connectivity index is 2.00. The van der Waals surface area contributed by atoms with Crippen molar-refractivity contribution in [3.8, 4) is 0 Å². The summed E-state index contributed by atoms with van der Waals surface area (Å²) in [4.78, 5) is 4.51. The van der Waals surface area contributed by atoms with Gasteiger partial charge in [0, 0.05) is 4.90 Å². The molecule has 0 unspecified atom stereocenters. The van der Waals surface area contributed by atoms with Gasteiger partial charge in [0.25, 0.3) is 0 Å². The lowest BCUT2D eigenvalue weighted by Gasteiger charge is -2.17. The van der Waals surface area contributed by atoms with Crippen molar-refractivity contribution in [1.82, 2.24) is 9.55 Å². The second-order valence-corrected chi connectivity index (χ2v) is 5.17. The van der Waals surface area contributed by atoms with Crippen LogP contribution in [0.4, 0.5) is 8.78 Å². The van der Waals surface area contributed by atoms with Gasteiger partial charge in [-0.15, -0.1) is 0 Å². The summed E-state index contributed by atoms with van der Waals surface area (Å²) < 4.78 is 29.5. The number of hydrogen-bond acceptors (Lipinski definition) is 2. The monoisotopic (exact) mass is 276 g/mol. The number of aromatic nitrogens is 2. The molecule has 0 amide bonds. The summed E-state index contributed by atoms with van der Waals surface area (Å²) in [6.07, 6.45) is 1.18. The molecule has 0 aliphatic heterocycles. The minimum atomic E-state index is -3.07. The van der Waals surface area contributed by atoms with E-state index < -0.39 is 5.38 Å². The predicted molar refractivity (Wildman–Crippen MR) is 72.2 cm³/mol. The Labute approximate surface area is 113 Å². The number of rotatable bonds is 3. The normalized spacial score (nSPS) is 11.9. The zero-order chi connectivity index (χ0) is 13.3. The second kappa shape index (κ2) is 4.66. The number of imidazole rings is 1. The molecule has 1 aromatic heterocycles. The van der Waals surface area contributed by atoms with Crippen molar-refractivity contribution in [3.63, 3.8) is 0 Å². The lowest BCUT2D eigenvalue weighted by atomic mass is 10.3. The van der Waals surface area contributed by atoms with Gasteiger partial charge in [0.1, 0.15) is 6.33 Å². The molecule has 0 spiro atoms. The van der Waals surface area contributed by atoms with E-state index in [-0.39, 0.29) is 0 Å². The first kappa shape index (κ1) is 12.2. The molecule has 3 aromatic rings. The van der Waals surface area contributed by atoms with E-state index in [1.807, 2.05) is 0 Å². The van der Waals surface area contributed by atoms with Gasteiger partial charge in [0.2, 0.25) is 0 Å². The van der Waals surface area contributed by atoms with Gasteiger partial charge in [0.15, 0.2) is 0 Å². The topological polar surface area (TPSA) is 17.8 Å². The van der Waals surface area contributed by atoms with E-state index in [2.05, 4.69) is 4.98 Å². The standard InChI is InChI=1S/C14H10F2N2S/c15-14(16,19-11-6-2-1-3-7-11)18-10-17-12-8-4-5-9-13(12)18/h1-10H. The fourth-order valence-electron chi connectivity index (χ4n) is 1.85. The number of halogens is 2. The summed E-state index contributed by atoms with van der Waals surface area (Å²) >= 11 is 0.508. The summed E-state index contributed by atoms with van der Waals surface area (Å²) in [5.74, 6) is 0. The molecule has 2 nitrogen and oxygen atoms in total. The van der Waals surface area contributed by atoms with Crippen molar-refractivity contribution < 1.29 is 8.78 Å². The summed E-state index contributed by atoms with van der Waals surface area (Å²) in [7, 11) is 0. The predicted octanol–water partition coefficient (Wildman–Crippen LogP) is 4.34. The fourth-order valence-corrected chi connectivity index (χ4v) is 2.67. The number of hydrogen-bond donors (Lipinski definition) is 0. The average Bonchev–Trinajstić information content (AvgIpc) is 2.84. The van der Waals surface area contributed by atoms with Crippen molar-refractivity contribution in [2.45, 2.75) is 10.3 Å². The lowest BCUT2D eigenvalue weighted by molar-refractivity contribution is 0.0282. The van der Waals surface area contributed by atoms with E-state index in [0.717, 1.165) is 4.57 Å². The highest BCUT2D eigenvalue weighted by Crippen LogP contribution is 2.41. The maximum atomic E-state index is 14.3. The fraction of sp³-hybridized carbons (Fsp3) is 0.0714. The highest BCUT2D eigenvalue weighted by molar-refractivity contribution is 7.99. The van der Waals surface area contributed by atoms with Crippen LogP contribution < -0.4 is 0 Å². The molecule has 5 heteroatoms. The van der Waals surface area contributed by atoms with Crippen LogP contribution in [0.5, 0.6) is 0 Å². The van der Waals surface area contributed by atoms with Crippen LogP contribution in [0.2, 0.25) is 0 Å². The minimum absolute atomic E-state index is 0.427. The first-order valence-corrected chi connectivity index (χ1v) is 6.53. The Morgan fingerprint density at radius 3 is 2.42 bits per heavy atom. The Hall–Kier alpha value is -1.88. The third-order valence-corrected chi connectivity index (χ3v) is 3.67. The van der Waals surface area contributed by atoms with Crippen LogP contribution in [-0.4, -0.2) is 9.55 Å². The SMILES string of the molecule is FC(F)(Sc1ccccc1)n1cnc2ccccc21. The zero-order valence-electron chi connectivity index (χ0n) is 9.83. The Bertz CT molecular complexity index is 695. The van der Waals surface area contributed by atoms with Crippen LogP contribution in [0, 0.1) is 0 Å². The van der Waals surface area contributed by atoms with Crippen LogP contribution >= 0.6 is 11.8 Å². The van der Waals surface area contributed by atoms with Crippen LogP contribution in [0.3, 0.4) is 0 Å². The summed E-state index contributed by atoms with van der Waals surface area (Å²) in [6.45, 7) is 0. The maximum absolute atomic E-state index is 14.3. The highest BCUT2D eigenvalue weighted by Gasteiger charge is 2.34. The molecule has 96 valence electrons. The molecule has 0 radical (unpaired) electrons. The van der Waals surface area contributed by atoms with Crippen LogP contribution in [-0.2, 0) is 5.38 Å². The number of para-hydroxylation sites is 2. The molecule has 3 rings (SSSR count). The van der Waals surface area contributed by atoms with Crippen molar-refractivity contribution in [1.29, 1.82) is 0 Å². The van der Waals surface area contributed by atoms with E-state index >= 15 is 0 Å².